The summed E-state index contributed by atoms with van der Waals surface area (Å²) < 4.78 is 187. The van der Waals surface area contributed by atoms with Crippen LogP contribution in [0.5, 0.6) is 11.5 Å². The summed E-state index contributed by atoms with van der Waals surface area (Å²) in [6, 6.07) is 35.6. The first-order valence-electron chi connectivity index (χ1n) is 37.7. The lowest BCUT2D eigenvalue weighted by Gasteiger charge is -2.26. The van der Waals surface area contributed by atoms with Gasteiger partial charge in [-0.25, -0.2) is 4.98 Å². The SMILES string of the molecule is [2H]c1c([2H])c([2H])c(-c2c([2H])c(-c3cc(C(C)(C)C)cc(-c4cccc(C(C)(C)C)c4)c3-[n+]3[c-]n(-c4cccc(Oc5ccc6c7ccccc7n(-c7cc(C(C)(C)C)ccn7)c6c5)c4)c4cc(-c5c(C([2H])([2H])[2H])cccc5C([2H])([2H])[2H])ccc43)c([2H])c(-c3c([2H])c([2H])c([2H])c([2H])c3[2H])c2[2H])c([2H])c1[2H]. The van der Waals surface area contributed by atoms with Gasteiger partial charge in [0.05, 0.1) is 51.3 Å². The fraction of sp³-hybridized carbons (Fsp3) is 0.175. The number of rotatable bonds is 10. The highest BCUT2D eigenvalue weighted by molar-refractivity contribution is 6.09. The van der Waals surface area contributed by atoms with Crippen molar-refractivity contribution >= 4 is 32.8 Å². The third-order valence-corrected chi connectivity index (χ3v) is 15.6. The van der Waals surface area contributed by atoms with E-state index in [1.807, 2.05) is 93.7 Å². The average molecular weight is 1120 g/mol. The third-order valence-electron chi connectivity index (χ3n) is 15.6. The van der Waals surface area contributed by atoms with Gasteiger partial charge in [-0.3, -0.25) is 13.7 Å². The number of benzene rings is 10. The molecule has 3 heterocycles. The first-order valence-corrected chi connectivity index (χ1v) is 28.2. The molecule has 0 spiro atoms. The van der Waals surface area contributed by atoms with E-state index in [0.29, 0.717) is 44.9 Å². The van der Waals surface area contributed by atoms with E-state index in [1.54, 1.807) is 57.7 Å². The van der Waals surface area contributed by atoms with E-state index in [1.165, 1.54) is 18.2 Å². The number of nitrogens with zero attached hydrogens (tertiary/aromatic N) is 4. The van der Waals surface area contributed by atoms with Crippen molar-refractivity contribution in [2.24, 2.45) is 0 Å². The van der Waals surface area contributed by atoms with Crippen molar-refractivity contribution in [1.29, 1.82) is 0 Å². The lowest BCUT2D eigenvalue weighted by atomic mass is 9.80. The summed E-state index contributed by atoms with van der Waals surface area (Å²) in [5.41, 5.74) is 2.33. The summed E-state index contributed by atoms with van der Waals surface area (Å²) in [5, 5.41) is 1.96. The Morgan fingerprint density at radius 2 is 1.08 bits per heavy atom. The lowest BCUT2D eigenvalue weighted by molar-refractivity contribution is -0.571. The van der Waals surface area contributed by atoms with Crippen molar-refractivity contribution in [3.05, 3.63) is 271 Å². The van der Waals surface area contributed by atoms with Crippen LogP contribution in [-0.2, 0) is 16.2 Å². The summed E-state index contributed by atoms with van der Waals surface area (Å²) in [6.45, 7) is 12.9. The van der Waals surface area contributed by atoms with E-state index < -0.39 is 125 Å². The zero-order chi connectivity index (χ0) is 75.3. The number of pyridine rings is 1. The summed E-state index contributed by atoms with van der Waals surface area (Å²) in [6.07, 6.45) is 5.44. The van der Waals surface area contributed by atoms with Gasteiger partial charge >= 0.3 is 0 Å². The molecule has 0 N–H and O–H groups in total. The molecule has 3 aromatic heterocycles. The number of hydrogen-bond donors (Lipinski definition) is 0. The number of aryl methyl sites for hydroxylation is 2. The smallest absolute Gasteiger partial charge is 0.269 e. The van der Waals surface area contributed by atoms with E-state index in [-0.39, 0.29) is 44.5 Å². The van der Waals surface area contributed by atoms with Gasteiger partial charge in [0.2, 0.25) is 0 Å². The molecule has 0 bridgehead atoms. The fourth-order valence-electron chi connectivity index (χ4n) is 11.1. The van der Waals surface area contributed by atoms with Gasteiger partial charge in [-0.15, -0.1) is 0 Å². The molecule has 10 aromatic carbocycles. The highest BCUT2D eigenvalue weighted by Crippen LogP contribution is 2.44. The van der Waals surface area contributed by atoms with E-state index in [4.69, 9.17) is 26.2 Å². The molecule has 0 fully saturated rings. The molecule has 13 aromatic rings. The van der Waals surface area contributed by atoms with Crippen molar-refractivity contribution in [3.63, 3.8) is 0 Å². The summed E-state index contributed by atoms with van der Waals surface area (Å²) in [5.74, 6) is 1.54. The molecule has 0 aliphatic rings. The van der Waals surface area contributed by atoms with Crippen LogP contribution in [0, 0.1) is 20.0 Å². The number of aromatic nitrogens is 4. The van der Waals surface area contributed by atoms with Crippen LogP contribution in [0.2, 0.25) is 0 Å². The standard InChI is InChI=1S/C80H72N4O/c1-52-23-20-24-53(2)76(52)57-35-38-72-74(45-57)82(64-31-22-32-65(49-64)85-66-36-37-68-67-33-18-19-34-71(67)84(73(68)50-66)75-48-62(39-40-81-75)79(6,7)8)51-83(72)77-69(56-29-21-30-61(44-56)78(3,4)5)46-63(80(9,10)11)47-70(77)60-42-58(54-25-14-12-15-26-54)41-59(43-60)55-27-16-13-17-28-55/h12-50H,1-11H3/i1D3,2D3,12D,13D,14D,15D,16D,17D,25D,26D,27D,28D,41D,42D,43D. The van der Waals surface area contributed by atoms with Crippen LogP contribution in [0.1, 0.15) is 116 Å². The topological polar surface area (TPSA) is 35.9 Å². The molecule has 0 aliphatic carbocycles. The molecule has 0 saturated carbocycles. The van der Waals surface area contributed by atoms with E-state index in [0.717, 1.165) is 38.8 Å². The highest BCUT2D eigenvalue weighted by atomic mass is 16.5. The predicted molar refractivity (Wildman–Crippen MR) is 355 cm³/mol. The molecule has 0 amide bonds. The van der Waals surface area contributed by atoms with Crippen LogP contribution in [0.25, 0.3) is 106 Å². The van der Waals surface area contributed by atoms with Crippen molar-refractivity contribution < 1.29 is 35.3 Å². The Kier molecular flexibility index (Phi) is 9.22. The monoisotopic (exact) mass is 1120 g/mol. The van der Waals surface area contributed by atoms with Crippen molar-refractivity contribution in [1.82, 2.24) is 14.1 Å². The maximum Gasteiger partial charge on any atom is 0.269 e. The van der Waals surface area contributed by atoms with Gasteiger partial charge < -0.3 is 4.74 Å². The van der Waals surface area contributed by atoms with Crippen LogP contribution >= 0.6 is 0 Å². The minimum atomic E-state index is -2.81. The Morgan fingerprint density at radius 3 is 1.76 bits per heavy atom. The Labute approximate surface area is 527 Å². The summed E-state index contributed by atoms with van der Waals surface area (Å²) in [7, 11) is 0. The molecule has 5 heteroatoms. The quantitative estimate of drug-likeness (QED) is 0.101. The Bertz CT molecular complexity index is 5560. The molecule has 0 atom stereocenters. The van der Waals surface area contributed by atoms with E-state index in [9.17, 15) is 9.60 Å². The normalized spacial score (nSPS) is 15.7. The van der Waals surface area contributed by atoms with Gasteiger partial charge in [0.15, 0.2) is 0 Å². The number of para-hydroxylation sites is 1. The van der Waals surface area contributed by atoms with Crippen LogP contribution in [-0.4, -0.2) is 14.1 Å². The minimum Gasteiger partial charge on any atom is -0.458 e. The predicted octanol–water partition coefficient (Wildman–Crippen LogP) is 20.8. The number of hydrogen-bond acceptors (Lipinski definition) is 2. The van der Waals surface area contributed by atoms with Crippen LogP contribution < -0.4 is 9.30 Å². The van der Waals surface area contributed by atoms with Gasteiger partial charge in [-0.1, -0.05) is 214 Å². The molecule has 0 saturated heterocycles. The average Bonchev–Trinajstić information content (AvgIpc) is 1.02. The Hall–Kier alpha value is -9.58. The second kappa shape index (κ2) is 21.2. The lowest BCUT2D eigenvalue weighted by Crippen LogP contribution is -2.32. The molecule has 85 heavy (non-hydrogen) atoms. The van der Waals surface area contributed by atoms with Gasteiger partial charge in [-0.05, 0) is 186 Å². The second-order valence-corrected chi connectivity index (χ2v) is 24.5. The molecule has 0 radical (unpaired) electrons. The zero-order valence-electron chi connectivity index (χ0n) is 67.7. The Morgan fingerprint density at radius 1 is 0.471 bits per heavy atom. The largest absolute Gasteiger partial charge is 0.458 e. The van der Waals surface area contributed by atoms with E-state index >= 15 is 0 Å². The third kappa shape index (κ3) is 10.4. The van der Waals surface area contributed by atoms with Gasteiger partial charge in [-0.2, -0.15) is 0 Å². The summed E-state index contributed by atoms with van der Waals surface area (Å²) in [4.78, 5) is 4.88. The molecule has 418 valence electrons. The second-order valence-electron chi connectivity index (χ2n) is 24.5. The molecular formula is C80H72N4O. The highest BCUT2D eigenvalue weighted by Gasteiger charge is 2.27. The van der Waals surface area contributed by atoms with Crippen LogP contribution in [0.15, 0.2) is 236 Å². The maximum absolute atomic E-state index is 10.6. The fourth-order valence-corrected chi connectivity index (χ4v) is 11.1. The van der Waals surface area contributed by atoms with Crippen LogP contribution in [0.4, 0.5) is 0 Å². The van der Waals surface area contributed by atoms with E-state index in [2.05, 4.69) is 70.6 Å². The number of ether oxygens (including phenoxy) is 1. The maximum atomic E-state index is 10.6. The minimum absolute atomic E-state index is 0.0534. The molecular weight excluding hydrogens is 1030 g/mol. The Balaban J connectivity index is 1.16. The van der Waals surface area contributed by atoms with Gasteiger partial charge in [0.1, 0.15) is 17.3 Å². The van der Waals surface area contributed by atoms with Crippen LogP contribution in [0.3, 0.4) is 0 Å². The molecule has 0 aliphatic heterocycles. The number of fused-ring (bicyclic) bond motifs is 4. The first kappa shape index (κ1) is 36.9. The van der Waals surface area contributed by atoms with Crippen molar-refractivity contribution in [2.75, 3.05) is 0 Å². The first-order chi connectivity index (χ1) is 48.7. The van der Waals surface area contributed by atoms with Crippen molar-refractivity contribution in [2.45, 2.75) is 92.3 Å². The van der Waals surface area contributed by atoms with Gasteiger partial charge in [0.25, 0.3) is 6.33 Å². The molecule has 0 unspecified atom stereocenters. The van der Waals surface area contributed by atoms with Gasteiger partial charge in [0, 0.05) is 31.3 Å². The van der Waals surface area contributed by atoms with Crippen molar-refractivity contribution in [3.8, 4) is 84.3 Å². The summed E-state index contributed by atoms with van der Waals surface area (Å²) >= 11 is 0. The molecule has 13 rings (SSSR count). The molecule has 5 nitrogen and oxygen atoms in total. The number of imidazole rings is 1. The zero-order valence-corrected chi connectivity index (χ0v) is 48.7.